The highest BCUT2D eigenvalue weighted by molar-refractivity contribution is 5.82. The Morgan fingerprint density at radius 2 is 0.172 bits per heavy atom. The van der Waals surface area contributed by atoms with Crippen LogP contribution >= 0.6 is 0 Å². The number of hydrogen-bond acceptors (Lipinski definition) is 0. The van der Waals surface area contributed by atoms with Gasteiger partial charge in [-0.1, -0.05) is 562 Å². The zero-order chi connectivity index (χ0) is 83.4. The summed E-state index contributed by atoms with van der Waals surface area (Å²) >= 11 is 0. The van der Waals surface area contributed by atoms with Crippen molar-refractivity contribution in [1.29, 1.82) is 0 Å². The van der Waals surface area contributed by atoms with Crippen LogP contribution in [0.3, 0.4) is 0 Å². The molecule has 0 aliphatic carbocycles. The van der Waals surface area contributed by atoms with E-state index in [1.54, 1.807) is 0 Å². The third-order valence-corrected chi connectivity index (χ3v) is 22.8. The quantitative estimate of drug-likeness (QED) is 0.0410. The molecule has 15 aromatic carbocycles. The molecular formula is C122H100. The van der Waals surface area contributed by atoms with Crippen LogP contribution in [0.4, 0.5) is 0 Å². The van der Waals surface area contributed by atoms with Gasteiger partial charge in [0.25, 0.3) is 0 Å². The molecule has 0 atom stereocenters. The van der Waals surface area contributed by atoms with Gasteiger partial charge < -0.3 is 0 Å². The van der Waals surface area contributed by atoms with Gasteiger partial charge in [0.2, 0.25) is 0 Å². The summed E-state index contributed by atoms with van der Waals surface area (Å²) in [5.41, 5.74) is 32.8. The molecule has 0 heteroatoms. The van der Waals surface area contributed by atoms with Gasteiger partial charge in [0.15, 0.2) is 0 Å². The molecule has 0 saturated heterocycles. The van der Waals surface area contributed by atoms with E-state index in [-0.39, 0.29) is 10.8 Å². The van der Waals surface area contributed by atoms with Crippen LogP contribution in [0, 0.1) is 0 Å². The van der Waals surface area contributed by atoms with Crippen LogP contribution in [0.25, 0.3) is 158 Å². The van der Waals surface area contributed by atoms with E-state index in [9.17, 15) is 0 Å². The fourth-order valence-electron chi connectivity index (χ4n) is 14.3. The zero-order valence-corrected chi connectivity index (χ0v) is 69.8. The molecule has 0 saturated carbocycles. The molecule has 0 unspecified atom stereocenters. The van der Waals surface area contributed by atoms with Crippen molar-refractivity contribution in [3.8, 4) is 0 Å². The largest absolute Gasteiger partial charge is 0.0622 e. The second-order valence-corrected chi connectivity index (χ2v) is 32.0. The van der Waals surface area contributed by atoms with Crippen molar-refractivity contribution in [2.45, 2.75) is 38.5 Å². The van der Waals surface area contributed by atoms with E-state index in [0.29, 0.717) is 0 Å². The normalized spacial score (nSPS) is 12.5. The Morgan fingerprint density at radius 3 is 0.262 bits per heavy atom. The van der Waals surface area contributed by atoms with Crippen molar-refractivity contribution < 1.29 is 0 Å². The molecule has 0 aliphatic heterocycles. The van der Waals surface area contributed by atoms with Crippen LogP contribution in [-0.4, -0.2) is 0 Å². The highest BCUT2D eigenvalue weighted by atomic mass is 14.4. The molecule has 0 aliphatic rings. The summed E-state index contributed by atoms with van der Waals surface area (Å²) < 4.78 is 0. The summed E-state index contributed by atoms with van der Waals surface area (Å²) in [4.78, 5) is 0. The summed E-state index contributed by atoms with van der Waals surface area (Å²) in [5, 5.41) is 0. The van der Waals surface area contributed by atoms with Crippen molar-refractivity contribution in [3.63, 3.8) is 0 Å². The molecule has 0 spiro atoms. The minimum Gasteiger partial charge on any atom is -0.0622 e. The van der Waals surface area contributed by atoms with Crippen molar-refractivity contribution in [2.24, 2.45) is 0 Å². The Morgan fingerprint density at radius 1 is 0.0984 bits per heavy atom. The molecule has 0 bridgehead atoms. The lowest BCUT2D eigenvalue weighted by molar-refractivity contribution is 0.303. The zero-order valence-electron chi connectivity index (χ0n) is 69.8. The van der Waals surface area contributed by atoms with Crippen LogP contribution in [0.15, 0.2) is 376 Å². The lowest BCUT2D eigenvalue weighted by Gasteiger charge is -2.43. The summed E-state index contributed by atoms with van der Waals surface area (Å²) in [7, 11) is 0. The third-order valence-electron chi connectivity index (χ3n) is 22.8. The summed E-state index contributed by atoms with van der Waals surface area (Å²) in [5.74, 6) is 0. The van der Waals surface area contributed by atoms with Crippen molar-refractivity contribution in [3.05, 3.63) is 532 Å². The molecule has 0 nitrogen and oxygen atoms in total. The van der Waals surface area contributed by atoms with Gasteiger partial charge in [-0.15, -0.1) is 0 Å². The van der Waals surface area contributed by atoms with Gasteiger partial charge >= 0.3 is 0 Å². The van der Waals surface area contributed by atoms with Crippen molar-refractivity contribution >= 4 is 158 Å². The average Bonchev–Trinajstić information content (AvgIpc) is 0.762. The maximum atomic E-state index is 2.37. The molecule has 588 valence electrons. The van der Waals surface area contributed by atoms with Gasteiger partial charge in [-0.05, 0) is 167 Å². The lowest BCUT2D eigenvalue weighted by atomic mass is 9.61. The maximum Gasteiger partial charge on any atom is -0.00120 e. The van der Waals surface area contributed by atoms with Gasteiger partial charge in [-0.25, -0.2) is 0 Å². The highest BCUT2D eigenvalue weighted by Crippen LogP contribution is 2.44. The van der Waals surface area contributed by atoms with Crippen LogP contribution in [0.5, 0.6) is 0 Å². The minimum absolute atomic E-state index is 0.132. The Balaban J connectivity index is 0.451. The standard InChI is InChI=1S/C122H100/c1-121(2,119-89-85-117(86-90-119)83-81-115-77-73-113(74-78-115)71-69-111-65-61-109(62-66-111)42-40-102-37-33-100(34-38-102)30-28-98-25-21-96(22-26-98)18-16-94-13-9-6-10-14-94)122(3,4)120-91-87-118(88-92-120)84-82-116-79-75-114(76-80-116)72-70-112-67-63-110(64-68-112)60-59-108-57-55-107(56-58-108)54-53-106-51-49-105(50-52-106)48-47-104-45-43-103(44-46-104)41-39-101-35-31-99(32-36-101)29-27-97-23-19-95(20-24-97)17-15-93-11-7-5-8-12-93/h5-92H,1-4H3/b17-15+,18-16+,29-27+,30-28+,41-39+,42-40+,48-47+,54-53+,60-59+,71-69+,72-70+,83-81+,84-82+. The third kappa shape index (κ3) is 24.1. The number of rotatable bonds is 29. The van der Waals surface area contributed by atoms with Gasteiger partial charge in [0.05, 0.1) is 0 Å². The fourth-order valence-corrected chi connectivity index (χ4v) is 14.3. The van der Waals surface area contributed by atoms with E-state index in [4.69, 9.17) is 0 Å². The van der Waals surface area contributed by atoms with Crippen molar-refractivity contribution in [1.82, 2.24) is 0 Å². The first kappa shape index (κ1) is 82.0. The molecule has 0 amide bonds. The monoisotopic (exact) mass is 1560 g/mol. The number of hydrogen-bond donors (Lipinski definition) is 0. The first-order valence-electron chi connectivity index (χ1n) is 42.1. The Bertz CT molecular complexity index is 6310. The molecule has 15 rings (SSSR count). The van der Waals surface area contributed by atoms with E-state index in [1.165, 1.54) is 89.0 Å². The highest BCUT2D eigenvalue weighted by Gasteiger charge is 2.39. The smallest absolute Gasteiger partial charge is 0.00120 e. The van der Waals surface area contributed by atoms with E-state index in [2.05, 4.69) is 550 Å². The Hall–Kier alpha value is -15.1. The number of benzene rings is 15. The van der Waals surface area contributed by atoms with Crippen LogP contribution in [0.2, 0.25) is 0 Å². The Kier molecular flexibility index (Phi) is 27.5. The van der Waals surface area contributed by atoms with Crippen LogP contribution in [-0.2, 0) is 10.8 Å². The summed E-state index contributed by atoms with van der Waals surface area (Å²) in [6.45, 7) is 9.47. The predicted octanol–water partition coefficient (Wildman–Crippen LogP) is 33.2. The average molecular weight is 1570 g/mol. The molecule has 0 N–H and O–H groups in total. The fraction of sp³-hybridized carbons (Fsp3) is 0.0492. The van der Waals surface area contributed by atoms with Gasteiger partial charge in [0, 0.05) is 0 Å². The second-order valence-electron chi connectivity index (χ2n) is 32.0. The second kappa shape index (κ2) is 40.9. The first-order valence-corrected chi connectivity index (χ1v) is 42.1. The minimum atomic E-state index is -0.132. The summed E-state index contributed by atoms with van der Waals surface area (Å²) in [6, 6.07) is 134. The van der Waals surface area contributed by atoms with Gasteiger partial charge in [-0.2, -0.15) is 0 Å². The molecule has 0 radical (unpaired) electrons. The lowest BCUT2D eigenvalue weighted by Crippen LogP contribution is -2.40. The van der Waals surface area contributed by atoms with Crippen LogP contribution in [0.1, 0.15) is 183 Å². The SMILES string of the molecule is CC(C)(c1ccc(/C=C/c2ccc(/C=C/c3ccc(/C=C/c4ccc(/C=C/c5ccc(/C=C/c6ccccc6)cc5)cc4)cc3)cc2)cc1)C(C)(C)c1ccc(/C=C/c2ccc(/C=C/c3ccc(/C=C/c4ccc(/C=C/c5ccc(/C=C/c6ccc(/C=C/c7ccc(/C=C/c8ccc(/C=C/c9ccccc9)cc8)cc7)cc6)cc5)cc4)cc3)cc2)cc1. The van der Waals surface area contributed by atoms with E-state index in [0.717, 1.165) is 66.8 Å². The van der Waals surface area contributed by atoms with Crippen molar-refractivity contribution in [2.75, 3.05) is 0 Å². The molecule has 15 aromatic rings. The topological polar surface area (TPSA) is 0 Å². The Labute approximate surface area is 723 Å². The van der Waals surface area contributed by atoms with E-state index >= 15 is 0 Å². The van der Waals surface area contributed by atoms with Crippen LogP contribution < -0.4 is 0 Å². The van der Waals surface area contributed by atoms with Gasteiger partial charge in [0.1, 0.15) is 0 Å². The summed E-state index contributed by atoms with van der Waals surface area (Å²) in [6.07, 6.45) is 56.5. The maximum absolute atomic E-state index is 2.37. The molecular weight excluding hydrogens is 1470 g/mol. The van der Waals surface area contributed by atoms with E-state index < -0.39 is 0 Å². The molecule has 0 heterocycles. The molecule has 0 aromatic heterocycles. The first-order chi connectivity index (χ1) is 59.8. The molecule has 122 heavy (non-hydrogen) atoms. The van der Waals surface area contributed by atoms with E-state index in [1.807, 2.05) is 12.1 Å². The van der Waals surface area contributed by atoms with Gasteiger partial charge in [-0.3, -0.25) is 0 Å². The predicted molar refractivity (Wildman–Crippen MR) is 539 cm³/mol. The molecule has 0 fully saturated rings.